The molecule has 0 unspecified atom stereocenters. The first-order chi connectivity index (χ1) is 9.74. The molecule has 0 aliphatic carbocycles. The van der Waals surface area contributed by atoms with Crippen LogP contribution in [0.25, 0.3) is 11.1 Å². The van der Waals surface area contributed by atoms with E-state index < -0.39 is 0 Å². The summed E-state index contributed by atoms with van der Waals surface area (Å²) in [5.74, 6) is 0.577. The lowest BCUT2D eigenvalue weighted by molar-refractivity contribution is -0.124. The minimum absolute atomic E-state index is 0.104. The van der Waals surface area contributed by atoms with Crippen molar-refractivity contribution in [2.24, 2.45) is 0 Å². The van der Waals surface area contributed by atoms with Crippen molar-refractivity contribution in [1.29, 1.82) is 0 Å². The van der Waals surface area contributed by atoms with Crippen LogP contribution in [0.15, 0.2) is 54.6 Å². The number of hydrogen-bond acceptors (Lipinski definition) is 3. The third-order valence-electron chi connectivity index (χ3n) is 3.24. The summed E-state index contributed by atoms with van der Waals surface area (Å²) in [7, 11) is 0. The maximum Gasteiger partial charge on any atom is 0.238 e. The Morgan fingerprint density at radius 2 is 1.65 bits per heavy atom. The molecule has 0 N–H and O–H groups in total. The Morgan fingerprint density at radius 3 is 2.25 bits per heavy atom. The van der Waals surface area contributed by atoms with Crippen molar-refractivity contribution in [1.82, 2.24) is 4.90 Å². The van der Waals surface area contributed by atoms with Crippen LogP contribution in [0.4, 0.5) is 0 Å². The van der Waals surface area contributed by atoms with Gasteiger partial charge in [0.2, 0.25) is 5.91 Å². The van der Waals surface area contributed by atoms with E-state index in [9.17, 15) is 4.79 Å². The molecule has 1 saturated heterocycles. The minimum Gasteiger partial charge on any atom is -0.293 e. The van der Waals surface area contributed by atoms with Gasteiger partial charge >= 0.3 is 0 Å². The Kier molecular flexibility index (Phi) is 3.85. The molecule has 2 aromatic carbocycles. The lowest BCUT2D eigenvalue weighted by Crippen LogP contribution is -2.27. The number of carbonyl (C=O) groups is 1. The van der Waals surface area contributed by atoms with Crippen LogP contribution in [0.1, 0.15) is 5.56 Å². The molecule has 2 aromatic rings. The second kappa shape index (κ2) is 5.77. The predicted molar refractivity (Wildman–Crippen MR) is 87.5 cm³/mol. The molecule has 1 fully saturated rings. The molecule has 0 aromatic heterocycles. The average Bonchev–Trinajstić information content (AvgIpc) is 2.81. The van der Waals surface area contributed by atoms with Gasteiger partial charge in [0.25, 0.3) is 0 Å². The summed E-state index contributed by atoms with van der Waals surface area (Å²) in [6, 6.07) is 18.5. The smallest absolute Gasteiger partial charge is 0.238 e. The van der Waals surface area contributed by atoms with E-state index in [1.54, 1.807) is 4.90 Å². The summed E-state index contributed by atoms with van der Waals surface area (Å²) in [4.78, 5) is 13.4. The molecule has 0 spiro atoms. The monoisotopic (exact) mass is 299 g/mol. The first-order valence-corrected chi connectivity index (χ1v) is 7.75. The lowest BCUT2D eigenvalue weighted by atomic mass is 10.0. The third-order valence-corrected chi connectivity index (χ3v) is 4.67. The van der Waals surface area contributed by atoms with Gasteiger partial charge in [0.1, 0.15) is 4.32 Å². The highest BCUT2D eigenvalue weighted by Crippen LogP contribution is 2.23. The van der Waals surface area contributed by atoms with E-state index in [2.05, 4.69) is 36.4 Å². The topological polar surface area (TPSA) is 20.3 Å². The summed E-state index contributed by atoms with van der Waals surface area (Å²) < 4.78 is 0.683. The standard InChI is InChI=1S/C16H13NOS2/c18-15-11-20-16(19)17(15)10-12-6-8-14(9-7-12)13-4-2-1-3-5-13/h1-9H,10-11H2. The molecule has 100 valence electrons. The van der Waals surface area contributed by atoms with Crippen LogP contribution < -0.4 is 0 Å². The Morgan fingerprint density at radius 1 is 1.00 bits per heavy atom. The molecular weight excluding hydrogens is 286 g/mol. The highest BCUT2D eigenvalue weighted by molar-refractivity contribution is 8.23. The zero-order valence-corrected chi connectivity index (χ0v) is 12.4. The van der Waals surface area contributed by atoms with Crippen LogP contribution in [0.5, 0.6) is 0 Å². The fraction of sp³-hybridized carbons (Fsp3) is 0.125. The summed E-state index contributed by atoms with van der Waals surface area (Å²) in [5.41, 5.74) is 3.48. The van der Waals surface area contributed by atoms with E-state index in [1.165, 1.54) is 22.9 Å². The van der Waals surface area contributed by atoms with E-state index in [-0.39, 0.29) is 5.91 Å². The molecule has 0 bridgehead atoms. The van der Waals surface area contributed by atoms with Gasteiger partial charge in [0.15, 0.2) is 0 Å². The number of nitrogens with zero attached hydrogens (tertiary/aromatic N) is 1. The van der Waals surface area contributed by atoms with Gasteiger partial charge in [-0.25, -0.2) is 0 Å². The van der Waals surface area contributed by atoms with Crippen LogP contribution in [0, 0.1) is 0 Å². The van der Waals surface area contributed by atoms with E-state index in [1.807, 2.05) is 18.2 Å². The van der Waals surface area contributed by atoms with E-state index in [0.717, 1.165) is 5.56 Å². The molecule has 0 atom stereocenters. The Balaban J connectivity index is 1.77. The number of benzene rings is 2. The molecule has 1 aliphatic heterocycles. The molecule has 2 nitrogen and oxygen atoms in total. The fourth-order valence-electron chi connectivity index (χ4n) is 2.15. The fourth-order valence-corrected chi connectivity index (χ4v) is 3.22. The van der Waals surface area contributed by atoms with Crippen LogP contribution >= 0.6 is 24.0 Å². The first kappa shape index (κ1) is 13.3. The van der Waals surface area contributed by atoms with Crippen molar-refractivity contribution in [3.63, 3.8) is 0 Å². The van der Waals surface area contributed by atoms with Crippen LogP contribution in [-0.4, -0.2) is 20.9 Å². The SMILES string of the molecule is O=C1CSC(=S)N1Cc1ccc(-c2ccccc2)cc1. The quantitative estimate of drug-likeness (QED) is 0.806. The number of carbonyl (C=O) groups excluding carboxylic acids is 1. The van der Waals surface area contributed by atoms with E-state index >= 15 is 0 Å². The normalized spacial score (nSPS) is 14.9. The zero-order chi connectivity index (χ0) is 13.9. The second-order valence-corrected chi connectivity index (χ2v) is 6.21. The number of hydrogen-bond donors (Lipinski definition) is 0. The van der Waals surface area contributed by atoms with Gasteiger partial charge in [0, 0.05) is 0 Å². The van der Waals surface area contributed by atoms with Gasteiger partial charge in [-0.05, 0) is 16.7 Å². The summed E-state index contributed by atoms with van der Waals surface area (Å²) in [5, 5.41) is 0. The molecule has 1 heterocycles. The second-order valence-electron chi connectivity index (χ2n) is 4.60. The van der Waals surface area contributed by atoms with Gasteiger partial charge in [-0.1, -0.05) is 78.6 Å². The predicted octanol–water partition coefficient (Wildman–Crippen LogP) is 3.71. The van der Waals surface area contributed by atoms with Gasteiger partial charge in [0.05, 0.1) is 12.3 Å². The Labute approximate surface area is 127 Å². The molecule has 0 saturated carbocycles. The molecule has 1 amide bonds. The van der Waals surface area contributed by atoms with Crippen molar-refractivity contribution >= 4 is 34.2 Å². The molecule has 20 heavy (non-hydrogen) atoms. The number of thioether (sulfide) groups is 1. The number of amides is 1. The maximum absolute atomic E-state index is 11.7. The van der Waals surface area contributed by atoms with Crippen LogP contribution in [0.3, 0.4) is 0 Å². The average molecular weight is 299 g/mol. The highest BCUT2D eigenvalue weighted by Gasteiger charge is 2.26. The lowest BCUT2D eigenvalue weighted by Gasteiger charge is -2.15. The van der Waals surface area contributed by atoms with Crippen LogP contribution in [0.2, 0.25) is 0 Å². The summed E-state index contributed by atoms with van der Waals surface area (Å²) >= 11 is 6.63. The minimum atomic E-state index is 0.104. The molecule has 0 radical (unpaired) electrons. The van der Waals surface area contributed by atoms with Crippen molar-refractivity contribution < 1.29 is 4.79 Å². The summed E-state index contributed by atoms with van der Waals surface area (Å²) in [6.07, 6.45) is 0. The van der Waals surface area contributed by atoms with Gasteiger partial charge in [-0.3, -0.25) is 9.69 Å². The van der Waals surface area contributed by atoms with Crippen molar-refractivity contribution in [3.05, 3.63) is 60.2 Å². The largest absolute Gasteiger partial charge is 0.293 e. The molecule has 4 heteroatoms. The highest BCUT2D eigenvalue weighted by atomic mass is 32.2. The number of thiocarbonyl (C=S) groups is 1. The van der Waals surface area contributed by atoms with Gasteiger partial charge in [-0.2, -0.15) is 0 Å². The van der Waals surface area contributed by atoms with Gasteiger partial charge < -0.3 is 0 Å². The molecule has 1 aliphatic rings. The number of rotatable bonds is 3. The maximum atomic E-state index is 11.7. The Hall–Kier alpha value is -1.65. The molecular formula is C16H13NOS2. The van der Waals surface area contributed by atoms with E-state index in [4.69, 9.17) is 12.2 Å². The van der Waals surface area contributed by atoms with Gasteiger partial charge in [-0.15, -0.1) is 0 Å². The van der Waals surface area contributed by atoms with Crippen molar-refractivity contribution in [2.45, 2.75) is 6.54 Å². The van der Waals surface area contributed by atoms with Crippen molar-refractivity contribution in [2.75, 3.05) is 5.75 Å². The Bertz CT molecular complexity index is 621. The molecule has 3 rings (SSSR count). The van der Waals surface area contributed by atoms with E-state index in [0.29, 0.717) is 16.6 Å². The first-order valence-electron chi connectivity index (χ1n) is 6.35. The van der Waals surface area contributed by atoms with Crippen LogP contribution in [-0.2, 0) is 11.3 Å². The zero-order valence-electron chi connectivity index (χ0n) is 10.8. The van der Waals surface area contributed by atoms with Crippen molar-refractivity contribution in [3.8, 4) is 11.1 Å². The summed E-state index contributed by atoms with van der Waals surface area (Å²) in [6.45, 7) is 0.569. The third kappa shape index (κ3) is 2.76.